The van der Waals surface area contributed by atoms with Crippen LogP contribution in [-0.2, 0) is 19.9 Å². The van der Waals surface area contributed by atoms with Crippen molar-refractivity contribution in [2.24, 2.45) is 0 Å². The zero-order valence-electron chi connectivity index (χ0n) is 17.8. The van der Waals surface area contributed by atoms with E-state index >= 15 is 0 Å². The van der Waals surface area contributed by atoms with E-state index in [-0.39, 0.29) is 30.9 Å². The maximum atomic E-state index is 13.3. The first-order valence-corrected chi connectivity index (χ1v) is 10.8. The summed E-state index contributed by atoms with van der Waals surface area (Å²) >= 11 is 5.97. The van der Waals surface area contributed by atoms with Crippen molar-refractivity contribution in [3.8, 4) is 5.75 Å². The van der Waals surface area contributed by atoms with E-state index in [2.05, 4.69) is 4.98 Å². The zero-order valence-corrected chi connectivity index (χ0v) is 18.5. The number of ether oxygens (including phenoxy) is 2. The second-order valence-corrected chi connectivity index (χ2v) is 7.95. The van der Waals surface area contributed by atoms with Crippen molar-refractivity contribution in [3.63, 3.8) is 0 Å². The van der Waals surface area contributed by atoms with Gasteiger partial charge in [-0.15, -0.1) is 11.6 Å². The summed E-state index contributed by atoms with van der Waals surface area (Å²) in [7, 11) is 1.63. The van der Waals surface area contributed by atoms with Crippen LogP contribution in [0.15, 0.2) is 48.5 Å². The summed E-state index contributed by atoms with van der Waals surface area (Å²) in [5, 5.41) is 1.00. The maximum absolute atomic E-state index is 13.3. The number of aromatic nitrogens is 1. The molecule has 1 aliphatic rings. The third kappa shape index (κ3) is 3.26. The Hall–Kier alpha value is -2.99. The van der Waals surface area contributed by atoms with E-state index in [1.807, 2.05) is 48.5 Å². The topological polar surface area (TPSA) is 71.6 Å². The molecule has 2 heterocycles. The van der Waals surface area contributed by atoms with Gasteiger partial charge in [0.2, 0.25) is 5.91 Å². The number of aromatic amines is 1. The standard InChI is InChI=1S/C24H25ClN2O4/c1-4-31-23(29)24(2)22-21(16-10-5-7-11-18(16)26-22)17(14-27(24)20(28)13-25)15-9-6-8-12-19(15)30-3/h5-12,17,26H,4,13-14H2,1-3H3. The van der Waals surface area contributed by atoms with E-state index < -0.39 is 11.5 Å². The lowest BCUT2D eigenvalue weighted by atomic mass is 9.77. The van der Waals surface area contributed by atoms with Gasteiger partial charge in [0.05, 0.1) is 19.4 Å². The molecule has 4 rings (SSSR count). The van der Waals surface area contributed by atoms with E-state index in [1.54, 1.807) is 21.0 Å². The number of esters is 1. The molecule has 0 fully saturated rings. The molecule has 3 aromatic rings. The van der Waals surface area contributed by atoms with Crippen molar-refractivity contribution in [1.29, 1.82) is 0 Å². The molecule has 6 nitrogen and oxygen atoms in total. The van der Waals surface area contributed by atoms with E-state index in [9.17, 15) is 9.59 Å². The van der Waals surface area contributed by atoms with Crippen molar-refractivity contribution in [3.05, 3.63) is 65.4 Å². The summed E-state index contributed by atoms with van der Waals surface area (Å²) in [6, 6.07) is 15.6. The smallest absolute Gasteiger partial charge is 0.338 e. The number of carbonyl (C=O) groups excluding carboxylic acids is 2. The van der Waals surface area contributed by atoms with Gasteiger partial charge in [0, 0.05) is 28.9 Å². The molecule has 1 aliphatic heterocycles. The predicted octanol–water partition coefficient (Wildman–Crippen LogP) is 4.17. The third-order valence-electron chi connectivity index (χ3n) is 6.09. The maximum Gasteiger partial charge on any atom is 0.338 e. The van der Waals surface area contributed by atoms with E-state index in [0.29, 0.717) is 5.69 Å². The molecule has 1 aromatic heterocycles. The van der Waals surface area contributed by atoms with Crippen molar-refractivity contribution >= 4 is 34.4 Å². The van der Waals surface area contributed by atoms with Crippen LogP contribution < -0.4 is 4.74 Å². The number of hydrogen-bond acceptors (Lipinski definition) is 4. The molecular formula is C24H25ClN2O4. The van der Waals surface area contributed by atoms with Crippen molar-refractivity contribution in [2.75, 3.05) is 26.1 Å². The second-order valence-electron chi connectivity index (χ2n) is 7.68. The fraction of sp³-hybridized carbons (Fsp3) is 0.333. The van der Waals surface area contributed by atoms with Gasteiger partial charge in [0.15, 0.2) is 5.54 Å². The molecule has 7 heteroatoms. The average Bonchev–Trinajstić information content (AvgIpc) is 3.19. The summed E-state index contributed by atoms with van der Waals surface area (Å²) < 4.78 is 11.1. The summed E-state index contributed by atoms with van der Waals surface area (Å²) in [5.41, 5.74) is 2.12. The zero-order chi connectivity index (χ0) is 22.2. The van der Waals surface area contributed by atoms with Gasteiger partial charge in [0.1, 0.15) is 11.6 Å². The lowest BCUT2D eigenvalue weighted by Crippen LogP contribution is -2.58. The van der Waals surface area contributed by atoms with Crippen LogP contribution >= 0.6 is 11.6 Å². The van der Waals surface area contributed by atoms with Crippen LogP contribution in [0, 0.1) is 0 Å². The number of para-hydroxylation sites is 2. The monoisotopic (exact) mass is 440 g/mol. The number of fused-ring (bicyclic) bond motifs is 3. The van der Waals surface area contributed by atoms with E-state index in [4.69, 9.17) is 21.1 Å². The second kappa shape index (κ2) is 8.27. The van der Waals surface area contributed by atoms with Crippen LogP contribution in [0.4, 0.5) is 0 Å². The normalized spacial score (nSPS) is 20.4. The molecule has 0 radical (unpaired) electrons. The molecule has 1 N–H and O–H groups in total. The number of hydrogen-bond donors (Lipinski definition) is 1. The molecular weight excluding hydrogens is 416 g/mol. The summed E-state index contributed by atoms with van der Waals surface area (Å²) in [4.78, 5) is 31.2. The third-order valence-corrected chi connectivity index (χ3v) is 6.32. The first kappa shape index (κ1) is 21.2. The molecule has 0 spiro atoms. The van der Waals surface area contributed by atoms with Crippen LogP contribution in [-0.4, -0.2) is 47.9 Å². The fourth-order valence-corrected chi connectivity index (χ4v) is 4.76. The minimum atomic E-state index is -1.32. The minimum Gasteiger partial charge on any atom is -0.496 e. The highest BCUT2D eigenvalue weighted by Crippen LogP contribution is 2.48. The number of nitrogens with zero attached hydrogens (tertiary/aromatic N) is 1. The van der Waals surface area contributed by atoms with Crippen molar-refractivity contribution in [2.45, 2.75) is 25.3 Å². The highest BCUT2D eigenvalue weighted by atomic mass is 35.5. The molecule has 2 aromatic carbocycles. The molecule has 0 bridgehead atoms. The Kier molecular flexibility index (Phi) is 5.67. The highest BCUT2D eigenvalue weighted by molar-refractivity contribution is 6.27. The Morgan fingerprint density at radius 1 is 1.19 bits per heavy atom. The first-order valence-electron chi connectivity index (χ1n) is 10.2. The highest BCUT2D eigenvalue weighted by Gasteiger charge is 2.53. The average molecular weight is 441 g/mol. The minimum absolute atomic E-state index is 0.211. The number of carbonyl (C=O) groups is 2. The van der Waals surface area contributed by atoms with Crippen LogP contribution in [0.5, 0.6) is 5.75 Å². The Morgan fingerprint density at radius 3 is 2.61 bits per heavy atom. The first-order chi connectivity index (χ1) is 15.0. The summed E-state index contributed by atoms with van der Waals surface area (Å²) in [5.74, 6) is -0.539. The lowest BCUT2D eigenvalue weighted by molar-refractivity contribution is -0.164. The number of amides is 1. The number of methoxy groups -OCH3 is 1. The Balaban J connectivity index is 2.04. The van der Waals surface area contributed by atoms with Crippen LogP contribution in [0.1, 0.15) is 36.6 Å². The number of H-pyrrole nitrogens is 1. The largest absolute Gasteiger partial charge is 0.496 e. The number of benzene rings is 2. The van der Waals surface area contributed by atoms with Crippen molar-refractivity contribution < 1.29 is 19.1 Å². The Bertz CT molecular complexity index is 1140. The molecule has 1 amide bonds. The number of rotatable bonds is 5. The van der Waals surface area contributed by atoms with Gasteiger partial charge >= 0.3 is 5.97 Å². The Morgan fingerprint density at radius 2 is 1.90 bits per heavy atom. The lowest BCUT2D eigenvalue weighted by Gasteiger charge is -2.45. The summed E-state index contributed by atoms with van der Waals surface area (Å²) in [6.07, 6.45) is 0. The molecule has 0 saturated heterocycles. The van der Waals surface area contributed by atoms with Gasteiger partial charge in [-0.3, -0.25) is 4.79 Å². The van der Waals surface area contributed by atoms with Gasteiger partial charge in [0.25, 0.3) is 0 Å². The van der Waals surface area contributed by atoms with Crippen LogP contribution in [0.25, 0.3) is 10.9 Å². The molecule has 2 atom stereocenters. The van der Waals surface area contributed by atoms with Crippen LogP contribution in [0.2, 0.25) is 0 Å². The van der Waals surface area contributed by atoms with Gasteiger partial charge in [-0.05, 0) is 31.5 Å². The van der Waals surface area contributed by atoms with E-state index in [1.165, 1.54) is 4.90 Å². The van der Waals surface area contributed by atoms with E-state index in [0.717, 1.165) is 27.8 Å². The summed E-state index contributed by atoms with van der Waals surface area (Å²) in [6.45, 7) is 3.96. The number of alkyl halides is 1. The Labute approximate surface area is 186 Å². The van der Waals surface area contributed by atoms with Gasteiger partial charge in [-0.2, -0.15) is 0 Å². The molecule has 2 unspecified atom stereocenters. The van der Waals surface area contributed by atoms with Gasteiger partial charge < -0.3 is 19.4 Å². The van der Waals surface area contributed by atoms with Gasteiger partial charge in [-0.25, -0.2) is 4.79 Å². The van der Waals surface area contributed by atoms with Crippen LogP contribution in [0.3, 0.4) is 0 Å². The van der Waals surface area contributed by atoms with Gasteiger partial charge in [-0.1, -0.05) is 36.4 Å². The van der Waals surface area contributed by atoms with Crippen molar-refractivity contribution in [1.82, 2.24) is 9.88 Å². The number of nitrogens with one attached hydrogen (secondary N) is 1. The molecule has 0 saturated carbocycles. The predicted molar refractivity (Wildman–Crippen MR) is 120 cm³/mol. The molecule has 162 valence electrons. The quantitative estimate of drug-likeness (QED) is 0.477. The molecule has 0 aliphatic carbocycles. The SMILES string of the molecule is CCOC(=O)C1(C)c2[nH]c3ccccc3c2C(c2ccccc2OC)CN1C(=O)CCl. The molecule has 31 heavy (non-hydrogen) atoms. The fourth-order valence-electron chi connectivity index (χ4n) is 4.62. The number of halogens is 1.